The summed E-state index contributed by atoms with van der Waals surface area (Å²) in [6.07, 6.45) is 5.99. The predicted molar refractivity (Wildman–Crippen MR) is 79.5 cm³/mol. The summed E-state index contributed by atoms with van der Waals surface area (Å²) < 4.78 is 0. The van der Waals surface area contributed by atoms with Crippen LogP contribution in [0.2, 0.25) is 0 Å². The molecular formula is C14H12N6O. The highest BCUT2D eigenvalue weighted by Crippen LogP contribution is 2.24. The van der Waals surface area contributed by atoms with Gasteiger partial charge >= 0.3 is 0 Å². The van der Waals surface area contributed by atoms with E-state index in [1.54, 1.807) is 0 Å². The molecule has 0 unspecified atom stereocenters. The van der Waals surface area contributed by atoms with Crippen molar-refractivity contribution in [1.82, 2.24) is 15.0 Å². The Morgan fingerprint density at radius 2 is 1.86 bits per heavy atom. The Hall–Kier alpha value is -3.06. The van der Waals surface area contributed by atoms with Gasteiger partial charge in [0.25, 0.3) is 5.91 Å². The van der Waals surface area contributed by atoms with Gasteiger partial charge in [0.1, 0.15) is 5.82 Å². The molecule has 1 amide bonds. The molecule has 1 aromatic carbocycles. The molecule has 4 N–H and O–H groups in total. The van der Waals surface area contributed by atoms with Crippen LogP contribution in [0.25, 0.3) is 10.8 Å². The summed E-state index contributed by atoms with van der Waals surface area (Å²) in [6, 6.07) is 7.39. The lowest BCUT2D eigenvalue weighted by Gasteiger charge is -2.09. The first-order chi connectivity index (χ1) is 10.3. The van der Waals surface area contributed by atoms with E-state index in [2.05, 4.69) is 25.7 Å². The van der Waals surface area contributed by atoms with Gasteiger partial charge in [-0.05, 0) is 5.39 Å². The first-order valence-corrected chi connectivity index (χ1v) is 6.21. The van der Waals surface area contributed by atoms with Crippen LogP contribution < -0.4 is 16.6 Å². The van der Waals surface area contributed by atoms with E-state index in [0.717, 1.165) is 10.8 Å². The number of nitrogen functional groups attached to an aromatic ring is 1. The topological polar surface area (TPSA) is 106 Å². The number of nitrogens with two attached hydrogens (primary N) is 1. The van der Waals surface area contributed by atoms with Gasteiger partial charge in [-0.1, -0.05) is 24.3 Å². The maximum absolute atomic E-state index is 12.4. The summed E-state index contributed by atoms with van der Waals surface area (Å²) >= 11 is 0. The third-order valence-corrected chi connectivity index (χ3v) is 2.98. The summed E-state index contributed by atoms with van der Waals surface area (Å²) in [6.45, 7) is 0. The van der Waals surface area contributed by atoms with Crippen molar-refractivity contribution in [3.63, 3.8) is 0 Å². The SMILES string of the molecule is NNc1ncc(C(=O)Nc2cnccn2)c2ccccc12. The first kappa shape index (κ1) is 12.9. The third-order valence-electron chi connectivity index (χ3n) is 2.98. The normalized spacial score (nSPS) is 10.3. The number of hydrogen-bond donors (Lipinski definition) is 3. The van der Waals surface area contributed by atoms with Crippen LogP contribution in [0.5, 0.6) is 0 Å². The van der Waals surface area contributed by atoms with Crippen molar-refractivity contribution in [2.75, 3.05) is 10.7 Å². The molecule has 7 heteroatoms. The maximum Gasteiger partial charge on any atom is 0.259 e. The third kappa shape index (κ3) is 2.49. The number of amides is 1. The zero-order valence-corrected chi connectivity index (χ0v) is 10.9. The molecule has 3 aromatic rings. The van der Waals surface area contributed by atoms with Gasteiger partial charge in [0.15, 0.2) is 5.82 Å². The van der Waals surface area contributed by atoms with E-state index >= 15 is 0 Å². The van der Waals surface area contributed by atoms with Crippen molar-refractivity contribution < 1.29 is 4.79 Å². The van der Waals surface area contributed by atoms with Crippen molar-refractivity contribution in [3.05, 3.63) is 54.6 Å². The molecule has 0 fully saturated rings. The zero-order valence-electron chi connectivity index (χ0n) is 10.9. The zero-order chi connectivity index (χ0) is 14.7. The number of pyridine rings is 1. The molecule has 3 rings (SSSR count). The van der Waals surface area contributed by atoms with Crippen LogP contribution in [-0.2, 0) is 0 Å². The number of rotatable bonds is 3. The number of hydrazine groups is 1. The van der Waals surface area contributed by atoms with Crippen molar-refractivity contribution in [1.29, 1.82) is 0 Å². The number of aromatic nitrogens is 3. The molecule has 2 aromatic heterocycles. The van der Waals surface area contributed by atoms with E-state index in [9.17, 15) is 4.79 Å². The van der Waals surface area contributed by atoms with E-state index in [4.69, 9.17) is 5.84 Å². The van der Waals surface area contributed by atoms with Crippen LogP contribution in [0.4, 0.5) is 11.6 Å². The van der Waals surface area contributed by atoms with Crippen LogP contribution in [0.15, 0.2) is 49.1 Å². The lowest BCUT2D eigenvalue weighted by Crippen LogP contribution is -2.15. The van der Waals surface area contributed by atoms with Gasteiger partial charge in [-0.2, -0.15) is 0 Å². The molecule has 0 saturated heterocycles. The monoisotopic (exact) mass is 280 g/mol. The molecule has 0 spiro atoms. The van der Waals surface area contributed by atoms with Crippen molar-refractivity contribution >= 4 is 28.3 Å². The van der Waals surface area contributed by atoms with Gasteiger partial charge in [-0.25, -0.2) is 15.8 Å². The van der Waals surface area contributed by atoms with Crippen LogP contribution in [0.1, 0.15) is 10.4 Å². The number of hydrogen-bond acceptors (Lipinski definition) is 6. The Morgan fingerprint density at radius 1 is 1.05 bits per heavy atom. The molecular weight excluding hydrogens is 268 g/mol. The Kier molecular flexibility index (Phi) is 3.40. The molecule has 0 aliphatic rings. The van der Waals surface area contributed by atoms with E-state index in [-0.39, 0.29) is 5.91 Å². The second kappa shape index (κ2) is 5.51. The average Bonchev–Trinajstić information content (AvgIpc) is 2.54. The second-order valence-corrected chi connectivity index (χ2v) is 4.26. The molecule has 0 bridgehead atoms. The van der Waals surface area contributed by atoms with Gasteiger partial charge in [0, 0.05) is 24.0 Å². The molecule has 0 aliphatic heterocycles. The number of nitrogens with zero attached hydrogens (tertiary/aromatic N) is 3. The van der Waals surface area contributed by atoms with Gasteiger partial charge < -0.3 is 10.7 Å². The highest BCUT2D eigenvalue weighted by Gasteiger charge is 2.13. The molecule has 0 saturated carbocycles. The summed E-state index contributed by atoms with van der Waals surface area (Å²) in [5, 5.41) is 4.21. The fraction of sp³-hybridized carbons (Fsp3) is 0. The number of nitrogens with one attached hydrogen (secondary N) is 2. The molecule has 0 atom stereocenters. The summed E-state index contributed by atoms with van der Waals surface area (Å²) in [5.74, 6) is 6.03. The Morgan fingerprint density at radius 3 is 2.57 bits per heavy atom. The lowest BCUT2D eigenvalue weighted by molar-refractivity contribution is 0.102. The van der Waals surface area contributed by atoms with E-state index < -0.39 is 0 Å². The van der Waals surface area contributed by atoms with Gasteiger partial charge in [0.2, 0.25) is 0 Å². The van der Waals surface area contributed by atoms with E-state index in [0.29, 0.717) is 17.2 Å². The summed E-state index contributed by atoms with van der Waals surface area (Å²) in [7, 11) is 0. The lowest BCUT2D eigenvalue weighted by atomic mass is 10.1. The summed E-state index contributed by atoms with van der Waals surface area (Å²) in [4.78, 5) is 24.4. The number of carbonyl (C=O) groups excluding carboxylic acids is 1. The Labute approximate surface area is 120 Å². The molecule has 7 nitrogen and oxygen atoms in total. The average molecular weight is 280 g/mol. The predicted octanol–water partition coefficient (Wildman–Crippen LogP) is 1.56. The minimum Gasteiger partial charge on any atom is -0.308 e. The number of fused-ring (bicyclic) bond motifs is 1. The van der Waals surface area contributed by atoms with E-state index in [1.807, 2.05) is 24.3 Å². The number of carbonyl (C=O) groups is 1. The fourth-order valence-electron chi connectivity index (χ4n) is 2.04. The smallest absolute Gasteiger partial charge is 0.259 e. The fourth-order valence-corrected chi connectivity index (χ4v) is 2.04. The Bertz CT molecular complexity index is 790. The van der Waals surface area contributed by atoms with Crippen LogP contribution in [0, 0.1) is 0 Å². The van der Waals surface area contributed by atoms with Crippen LogP contribution in [0.3, 0.4) is 0 Å². The standard InChI is InChI=1S/C14H12N6O/c15-20-13-10-4-2-1-3-9(10)11(7-18-13)14(21)19-12-8-16-5-6-17-12/h1-8H,15H2,(H,18,20)(H,17,19,21). The van der Waals surface area contributed by atoms with Crippen LogP contribution in [-0.4, -0.2) is 20.9 Å². The van der Waals surface area contributed by atoms with Crippen LogP contribution >= 0.6 is 0 Å². The van der Waals surface area contributed by atoms with Crippen molar-refractivity contribution in [2.45, 2.75) is 0 Å². The molecule has 104 valence electrons. The van der Waals surface area contributed by atoms with E-state index in [1.165, 1.54) is 24.8 Å². The Balaban J connectivity index is 2.03. The van der Waals surface area contributed by atoms with Crippen molar-refractivity contribution in [3.8, 4) is 0 Å². The van der Waals surface area contributed by atoms with Crippen molar-refractivity contribution in [2.24, 2.45) is 5.84 Å². The molecule has 21 heavy (non-hydrogen) atoms. The van der Waals surface area contributed by atoms with Gasteiger partial charge in [-0.3, -0.25) is 9.78 Å². The highest BCUT2D eigenvalue weighted by atomic mass is 16.1. The summed E-state index contributed by atoms with van der Waals surface area (Å²) in [5.41, 5.74) is 2.96. The van der Waals surface area contributed by atoms with Gasteiger partial charge in [0.05, 0.1) is 11.8 Å². The molecule has 0 aliphatic carbocycles. The second-order valence-electron chi connectivity index (χ2n) is 4.26. The number of benzene rings is 1. The molecule has 0 radical (unpaired) electrons. The van der Waals surface area contributed by atoms with Gasteiger partial charge in [-0.15, -0.1) is 0 Å². The number of anilines is 2. The largest absolute Gasteiger partial charge is 0.308 e. The first-order valence-electron chi connectivity index (χ1n) is 6.21. The quantitative estimate of drug-likeness (QED) is 0.496. The molecule has 2 heterocycles. The maximum atomic E-state index is 12.4. The minimum atomic E-state index is -0.303. The highest BCUT2D eigenvalue weighted by molar-refractivity contribution is 6.13. The minimum absolute atomic E-state index is 0.303.